The zero-order chi connectivity index (χ0) is 40.8. The lowest BCUT2D eigenvalue weighted by Gasteiger charge is -2.15. The first-order valence-electron chi connectivity index (χ1n) is 18.3. The molecule has 6 heterocycles. The summed E-state index contributed by atoms with van der Waals surface area (Å²) in [6, 6.07) is 36.3. The minimum Gasteiger partial charge on any atom is -0.339 e. The van der Waals surface area contributed by atoms with E-state index in [1.54, 1.807) is 61.1 Å². The maximum absolute atomic E-state index is 13.0. The molecule has 4 aromatic carbocycles. The Hall–Kier alpha value is -6.43. The van der Waals surface area contributed by atoms with Crippen LogP contribution in [0.1, 0.15) is 22.5 Å². The number of hydrogen-bond acceptors (Lipinski definition) is 13. The third-order valence-corrected chi connectivity index (χ3v) is 12.6. The second-order valence-corrected chi connectivity index (χ2v) is 17.8. The maximum atomic E-state index is 13.0. The number of aromatic nitrogens is 6. The molecule has 0 saturated carbocycles. The number of nitrogens with zero attached hydrogens (tertiary/aromatic N) is 7. The van der Waals surface area contributed by atoms with Crippen molar-refractivity contribution in [3.05, 3.63) is 169 Å². The Morgan fingerprint density at radius 3 is 1.61 bits per heavy atom. The summed E-state index contributed by atoms with van der Waals surface area (Å²) in [6.07, 6.45) is 6.63. The molecule has 10 rings (SSSR count). The van der Waals surface area contributed by atoms with Gasteiger partial charge in [0, 0.05) is 52.2 Å². The molecule has 14 nitrogen and oxygen atoms in total. The van der Waals surface area contributed by atoms with Gasteiger partial charge in [0.1, 0.15) is 24.3 Å². The molecular weight excluding hydrogens is 808 g/mol. The molecule has 4 aromatic heterocycles. The third-order valence-electron chi connectivity index (χ3n) is 9.44. The molecule has 296 valence electrons. The summed E-state index contributed by atoms with van der Waals surface area (Å²) >= 11 is 0. The second-order valence-electron chi connectivity index (χ2n) is 13.3. The molecule has 2 aliphatic heterocycles. The van der Waals surface area contributed by atoms with Gasteiger partial charge in [-0.1, -0.05) is 72.8 Å². The molecule has 2 aliphatic rings. The molecule has 0 aliphatic carbocycles. The Balaban J connectivity index is 0.000000139. The molecule has 0 unspecified atom stereocenters. The lowest BCUT2D eigenvalue weighted by molar-refractivity contribution is 0.430. The summed E-state index contributed by atoms with van der Waals surface area (Å²) in [5, 5.41) is 12.0. The summed E-state index contributed by atoms with van der Waals surface area (Å²) in [4.78, 5) is 26.6. The molecule has 0 saturated heterocycles. The van der Waals surface area contributed by atoms with Gasteiger partial charge in [-0.25, -0.2) is 36.8 Å². The van der Waals surface area contributed by atoms with Gasteiger partial charge >= 0.3 is 0 Å². The highest BCUT2D eigenvalue weighted by molar-refractivity contribution is 8.13. The standard InChI is InChI=1S/C21H17N5O2S.C15H13N5.C6H5ClO2S/c27-29(28,17-7-2-1-3-8-17)26-12-18-20(13-26)23-14-24-21(18)25-16-10-15-6-4-5-9-19(15)22-11-16;1-2-4-13-10(3-1)5-11(6-17-13)20-15-12-7-16-8-14(12)18-9-19-15;7-10(8,9)6-4-2-1-3-5-6/h1-11,14H,12-13H2,(H,23,24,25);1-6,9,16H,7-8H2,(H,18,19,20);1-5H. The first-order chi connectivity index (χ1) is 28.6. The highest BCUT2D eigenvalue weighted by Crippen LogP contribution is 2.32. The predicted octanol–water partition coefficient (Wildman–Crippen LogP) is 7.46. The van der Waals surface area contributed by atoms with E-state index in [2.05, 4.69) is 58.0 Å². The first kappa shape index (κ1) is 39.4. The molecule has 0 fully saturated rings. The smallest absolute Gasteiger partial charge is 0.261 e. The van der Waals surface area contributed by atoms with E-state index in [0.29, 0.717) is 11.5 Å². The number of nitrogens with one attached hydrogen (secondary N) is 3. The number of sulfonamides is 1. The second kappa shape index (κ2) is 17.2. The molecule has 0 bridgehead atoms. The van der Waals surface area contributed by atoms with Gasteiger partial charge in [-0.15, -0.1) is 0 Å². The fraction of sp³-hybridized carbons (Fsp3) is 0.0952. The van der Waals surface area contributed by atoms with Crippen molar-refractivity contribution in [2.45, 2.75) is 36.0 Å². The molecule has 17 heteroatoms. The summed E-state index contributed by atoms with van der Waals surface area (Å²) < 4.78 is 48.6. The van der Waals surface area contributed by atoms with Crippen molar-refractivity contribution in [1.82, 2.24) is 39.5 Å². The van der Waals surface area contributed by atoms with Crippen LogP contribution >= 0.6 is 10.7 Å². The van der Waals surface area contributed by atoms with E-state index < -0.39 is 19.1 Å². The minimum atomic E-state index is -3.60. The Morgan fingerprint density at radius 1 is 0.542 bits per heavy atom. The molecular formula is C42H35ClN10O4S2. The number of para-hydroxylation sites is 2. The van der Waals surface area contributed by atoms with Crippen molar-refractivity contribution < 1.29 is 16.8 Å². The quantitative estimate of drug-likeness (QED) is 0.135. The van der Waals surface area contributed by atoms with E-state index in [9.17, 15) is 16.8 Å². The zero-order valence-electron chi connectivity index (χ0n) is 31.1. The van der Waals surface area contributed by atoms with Gasteiger partial charge in [0.05, 0.1) is 62.5 Å². The maximum Gasteiger partial charge on any atom is 0.261 e. The first-order valence-corrected chi connectivity index (χ1v) is 22.0. The number of anilines is 4. The van der Waals surface area contributed by atoms with Crippen LogP contribution in [0.3, 0.4) is 0 Å². The molecule has 0 atom stereocenters. The van der Waals surface area contributed by atoms with Crippen LogP contribution in [0.4, 0.5) is 23.0 Å². The molecule has 0 amide bonds. The number of fused-ring (bicyclic) bond motifs is 4. The van der Waals surface area contributed by atoms with Gasteiger partial charge in [-0.05, 0) is 48.5 Å². The van der Waals surface area contributed by atoms with Crippen LogP contribution in [0.2, 0.25) is 0 Å². The highest BCUT2D eigenvalue weighted by atomic mass is 35.7. The van der Waals surface area contributed by atoms with E-state index in [0.717, 1.165) is 68.9 Å². The Morgan fingerprint density at radius 2 is 1.05 bits per heavy atom. The van der Waals surface area contributed by atoms with Crippen LogP contribution in [0, 0.1) is 0 Å². The number of hydrogen-bond donors (Lipinski definition) is 3. The third kappa shape index (κ3) is 9.17. The van der Waals surface area contributed by atoms with Crippen LogP contribution < -0.4 is 16.0 Å². The van der Waals surface area contributed by atoms with Crippen LogP contribution in [0.5, 0.6) is 0 Å². The van der Waals surface area contributed by atoms with Gasteiger partial charge in [-0.2, -0.15) is 4.31 Å². The van der Waals surface area contributed by atoms with Crippen molar-refractivity contribution in [2.24, 2.45) is 0 Å². The van der Waals surface area contributed by atoms with Gasteiger partial charge in [0.2, 0.25) is 10.0 Å². The van der Waals surface area contributed by atoms with Gasteiger partial charge in [-0.3, -0.25) is 9.97 Å². The summed E-state index contributed by atoms with van der Waals surface area (Å²) in [7, 11) is -2.10. The monoisotopic (exact) mass is 842 g/mol. The van der Waals surface area contributed by atoms with E-state index in [1.807, 2.05) is 54.7 Å². The van der Waals surface area contributed by atoms with Crippen molar-refractivity contribution >= 4 is 74.6 Å². The number of benzene rings is 4. The van der Waals surface area contributed by atoms with E-state index in [4.69, 9.17) is 10.7 Å². The van der Waals surface area contributed by atoms with Crippen molar-refractivity contribution in [3.8, 4) is 0 Å². The molecule has 59 heavy (non-hydrogen) atoms. The SMILES string of the molecule is O=S(=O)(Cl)c1ccccc1.O=S(=O)(c1ccccc1)N1Cc2ncnc(Nc3cnc4ccccc4c3)c2C1.c1ccc2ncc(Nc3ncnc4c3CNC4)cc2c1. The van der Waals surface area contributed by atoms with Crippen LogP contribution in [0.25, 0.3) is 21.8 Å². The predicted molar refractivity (Wildman–Crippen MR) is 227 cm³/mol. The van der Waals surface area contributed by atoms with Gasteiger partial charge in [0.15, 0.2) is 0 Å². The number of halogens is 1. The number of rotatable bonds is 7. The topological polar surface area (TPSA) is 185 Å². The fourth-order valence-corrected chi connectivity index (χ4v) is 8.69. The molecule has 0 spiro atoms. The van der Waals surface area contributed by atoms with Crippen LogP contribution in [0.15, 0.2) is 156 Å². The summed E-state index contributed by atoms with van der Waals surface area (Å²) in [5.74, 6) is 1.45. The van der Waals surface area contributed by atoms with Crippen LogP contribution in [-0.2, 0) is 45.3 Å². The normalized spacial score (nSPS) is 13.4. The zero-order valence-corrected chi connectivity index (χ0v) is 33.5. The molecule has 3 N–H and O–H groups in total. The summed E-state index contributed by atoms with van der Waals surface area (Å²) in [6.45, 7) is 2.05. The van der Waals surface area contributed by atoms with E-state index in [1.165, 1.54) is 22.8 Å². The molecule has 0 radical (unpaired) electrons. The summed E-state index contributed by atoms with van der Waals surface area (Å²) in [5.41, 5.74) is 7.32. The highest BCUT2D eigenvalue weighted by Gasteiger charge is 2.33. The van der Waals surface area contributed by atoms with Gasteiger partial charge in [0.25, 0.3) is 9.05 Å². The average Bonchev–Trinajstić information content (AvgIpc) is 3.94. The lowest BCUT2D eigenvalue weighted by Crippen LogP contribution is -2.25. The minimum absolute atomic E-state index is 0.136. The fourth-order valence-electron chi connectivity index (χ4n) is 6.51. The van der Waals surface area contributed by atoms with E-state index >= 15 is 0 Å². The Bertz CT molecular complexity index is 3000. The van der Waals surface area contributed by atoms with Crippen molar-refractivity contribution in [3.63, 3.8) is 0 Å². The lowest BCUT2D eigenvalue weighted by atomic mass is 10.2. The van der Waals surface area contributed by atoms with Crippen LogP contribution in [-0.4, -0.2) is 51.0 Å². The average molecular weight is 843 g/mol. The van der Waals surface area contributed by atoms with Crippen molar-refractivity contribution in [1.29, 1.82) is 0 Å². The Kier molecular flexibility index (Phi) is 11.5. The number of pyridine rings is 2. The van der Waals surface area contributed by atoms with Crippen molar-refractivity contribution in [2.75, 3.05) is 10.6 Å². The van der Waals surface area contributed by atoms with E-state index in [-0.39, 0.29) is 22.9 Å². The van der Waals surface area contributed by atoms with Gasteiger partial charge < -0.3 is 16.0 Å². The molecule has 8 aromatic rings. The largest absolute Gasteiger partial charge is 0.339 e. The Labute approximate surface area is 344 Å².